The van der Waals surface area contributed by atoms with Crippen molar-refractivity contribution in [1.29, 1.82) is 5.26 Å². The number of rotatable bonds is 6. The smallest absolute Gasteiger partial charge is 0.307 e. The summed E-state index contributed by atoms with van der Waals surface area (Å²) in [7, 11) is 1.93. The topological polar surface area (TPSA) is 64.3 Å². The van der Waals surface area contributed by atoms with Crippen molar-refractivity contribution in [2.24, 2.45) is 11.3 Å². The van der Waals surface area contributed by atoms with Crippen LogP contribution in [0.25, 0.3) is 0 Å². The molecular weight excluding hydrogens is 192 g/mol. The maximum atomic E-state index is 10.7. The maximum absolute atomic E-state index is 10.7. The highest BCUT2D eigenvalue weighted by Gasteiger charge is 2.43. The molecule has 0 aromatic rings. The van der Waals surface area contributed by atoms with Gasteiger partial charge < -0.3 is 10.0 Å². The molecule has 1 aliphatic rings. The van der Waals surface area contributed by atoms with E-state index >= 15 is 0 Å². The summed E-state index contributed by atoms with van der Waals surface area (Å²) in [4.78, 5) is 12.7. The van der Waals surface area contributed by atoms with E-state index in [9.17, 15) is 4.79 Å². The number of aliphatic carboxylic acids is 1. The number of carboxylic acid groups (broad SMARTS) is 1. The van der Waals surface area contributed by atoms with Gasteiger partial charge in [-0.2, -0.15) is 5.26 Å². The van der Waals surface area contributed by atoms with Gasteiger partial charge in [-0.05, 0) is 25.3 Å². The molecule has 15 heavy (non-hydrogen) atoms. The van der Waals surface area contributed by atoms with Crippen LogP contribution in [0.5, 0.6) is 0 Å². The Morgan fingerprint density at radius 3 is 2.67 bits per heavy atom. The number of hydrogen-bond donors (Lipinski definition) is 1. The summed E-state index contributed by atoms with van der Waals surface area (Å²) in [6.07, 6.45) is 2.80. The summed E-state index contributed by atoms with van der Waals surface area (Å²) in [5.74, 6) is -1.10. The zero-order valence-corrected chi connectivity index (χ0v) is 9.36. The highest BCUT2D eigenvalue weighted by atomic mass is 16.4. The maximum Gasteiger partial charge on any atom is 0.307 e. The minimum atomic E-state index is -0.757. The normalized spacial score (nSPS) is 19.6. The van der Waals surface area contributed by atoms with Crippen molar-refractivity contribution >= 4 is 5.97 Å². The fourth-order valence-electron chi connectivity index (χ4n) is 1.92. The van der Waals surface area contributed by atoms with Crippen LogP contribution in [-0.2, 0) is 4.79 Å². The van der Waals surface area contributed by atoms with Gasteiger partial charge >= 0.3 is 5.97 Å². The van der Waals surface area contributed by atoms with E-state index in [4.69, 9.17) is 10.4 Å². The summed E-state index contributed by atoms with van der Waals surface area (Å²) in [6.45, 7) is 3.11. The summed E-state index contributed by atoms with van der Waals surface area (Å²) in [6, 6.07) is 2.21. The Morgan fingerprint density at radius 1 is 1.67 bits per heavy atom. The molecule has 0 aromatic heterocycles. The molecule has 0 bridgehead atoms. The predicted molar refractivity (Wildman–Crippen MR) is 56.2 cm³/mol. The molecule has 0 heterocycles. The van der Waals surface area contributed by atoms with E-state index in [-0.39, 0.29) is 11.3 Å². The third kappa shape index (κ3) is 3.52. The molecule has 1 unspecified atom stereocenters. The van der Waals surface area contributed by atoms with Crippen molar-refractivity contribution in [3.05, 3.63) is 0 Å². The Labute approximate surface area is 90.5 Å². The molecule has 1 saturated carbocycles. The first-order valence-corrected chi connectivity index (χ1v) is 5.27. The van der Waals surface area contributed by atoms with E-state index in [0.717, 1.165) is 19.4 Å². The van der Waals surface area contributed by atoms with Crippen LogP contribution < -0.4 is 0 Å². The van der Waals surface area contributed by atoms with Gasteiger partial charge in [0.2, 0.25) is 0 Å². The van der Waals surface area contributed by atoms with E-state index in [1.54, 1.807) is 6.92 Å². The quantitative estimate of drug-likeness (QED) is 0.718. The van der Waals surface area contributed by atoms with E-state index in [1.807, 2.05) is 11.9 Å². The van der Waals surface area contributed by atoms with Crippen molar-refractivity contribution < 1.29 is 9.90 Å². The second-order valence-electron chi connectivity index (χ2n) is 4.77. The van der Waals surface area contributed by atoms with Crippen LogP contribution in [-0.4, -0.2) is 36.1 Å². The van der Waals surface area contributed by atoms with Crippen LogP contribution in [0.15, 0.2) is 0 Å². The lowest BCUT2D eigenvalue weighted by Crippen LogP contribution is -2.33. The van der Waals surface area contributed by atoms with Crippen LogP contribution in [0, 0.1) is 22.7 Å². The molecule has 1 atom stereocenters. The Kier molecular flexibility index (Phi) is 3.70. The first-order chi connectivity index (χ1) is 6.99. The largest absolute Gasteiger partial charge is 0.481 e. The molecule has 4 nitrogen and oxygen atoms in total. The fraction of sp³-hybridized carbons (Fsp3) is 0.818. The van der Waals surface area contributed by atoms with Gasteiger partial charge in [0.25, 0.3) is 0 Å². The van der Waals surface area contributed by atoms with Gasteiger partial charge in [0, 0.05) is 19.5 Å². The Bertz CT molecular complexity index is 279. The zero-order valence-electron chi connectivity index (χ0n) is 9.36. The molecule has 4 heteroatoms. The second-order valence-corrected chi connectivity index (χ2v) is 4.77. The summed E-state index contributed by atoms with van der Waals surface area (Å²) in [5, 5.41) is 17.4. The number of carbonyl (C=O) groups is 1. The lowest BCUT2D eigenvalue weighted by molar-refractivity contribution is -0.141. The summed E-state index contributed by atoms with van der Waals surface area (Å²) in [5.41, 5.74) is 0.168. The van der Waals surface area contributed by atoms with Gasteiger partial charge in [0.15, 0.2) is 0 Å². The molecule has 1 fully saturated rings. The molecule has 0 amide bonds. The third-order valence-electron chi connectivity index (χ3n) is 3.02. The average Bonchev–Trinajstić information content (AvgIpc) is 2.84. The fourth-order valence-corrected chi connectivity index (χ4v) is 1.92. The van der Waals surface area contributed by atoms with Crippen LogP contribution in [0.2, 0.25) is 0 Å². The highest BCUT2D eigenvalue weighted by molar-refractivity contribution is 5.69. The highest BCUT2D eigenvalue weighted by Crippen LogP contribution is 2.48. The van der Waals surface area contributed by atoms with E-state index < -0.39 is 5.97 Å². The van der Waals surface area contributed by atoms with Crippen molar-refractivity contribution in [2.45, 2.75) is 26.2 Å². The standard InChI is InChI=1S/C11H18N2O2/c1-9(10(14)15)7-13(2)8-11(3-4-11)5-6-12/h9H,3-5,7-8H2,1-2H3,(H,14,15). The SMILES string of the molecule is CC(CN(C)CC1(CC#N)CC1)C(=O)O. The van der Waals surface area contributed by atoms with Gasteiger partial charge in [0.1, 0.15) is 0 Å². The molecule has 0 radical (unpaired) electrons. The first kappa shape index (κ1) is 12.0. The molecule has 1 rings (SSSR count). The van der Waals surface area contributed by atoms with Crippen LogP contribution >= 0.6 is 0 Å². The first-order valence-electron chi connectivity index (χ1n) is 5.27. The van der Waals surface area contributed by atoms with Gasteiger partial charge in [-0.25, -0.2) is 0 Å². The number of carboxylic acids is 1. The minimum Gasteiger partial charge on any atom is -0.481 e. The van der Waals surface area contributed by atoms with E-state index in [2.05, 4.69) is 6.07 Å². The summed E-state index contributed by atoms with van der Waals surface area (Å²) >= 11 is 0. The molecule has 0 saturated heterocycles. The van der Waals surface area contributed by atoms with Gasteiger partial charge in [-0.1, -0.05) is 6.92 Å². The monoisotopic (exact) mass is 210 g/mol. The third-order valence-corrected chi connectivity index (χ3v) is 3.02. The number of nitriles is 1. The van der Waals surface area contributed by atoms with Crippen molar-refractivity contribution in [2.75, 3.05) is 20.1 Å². The van der Waals surface area contributed by atoms with Crippen molar-refractivity contribution in [1.82, 2.24) is 4.90 Å². The van der Waals surface area contributed by atoms with Gasteiger partial charge in [0.05, 0.1) is 12.0 Å². The average molecular weight is 210 g/mol. The Hall–Kier alpha value is -1.08. The van der Waals surface area contributed by atoms with Gasteiger partial charge in [-0.15, -0.1) is 0 Å². The number of hydrogen-bond acceptors (Lipinski definition) is 3. The van der Waals surface area contributed by atoms with E-state index in [0.29, 0.717) is 13.0 Å². The molecule has 1 aliphatic carbocycles. The van der Waals surface area contributed by atoms with E-state index in [1.165, 1.54) is 0 Å². The zero-order chi connectivity index (χ0) is 11.5. The minimum absolute atomic E-state index is 0.168. The summed E-state index contributed by atoms with van der Waals surface area (Å²) < 4.78 is 0. The van der Waals surface area contributed by atoms with Crippen molar-refractivity contribution in [3.63, 3.8) is 0 Å². The number of nitrogens with zero attached hydrogens (tertiary/aromatic N) is 2. The Balaban J connectivity index is 2.33. The molecule has 0 spiro atoms. The second kappa shape index (κ2) is 4.63. The van der Waals surface area contributed by atoms with Crippen LogP contribution in [0.1, 0.15) is 26.2 Å². The molecule has 0 aliphatic heterocycles. The van der Waals surface area contributed by atoms with Crippen LogP contribution in [0.3, 0.4) is 0 Å². The molecule has 84 valence electrons. The van der Waals surface area contributed by atoms with Crippen LogP contribution in [0.4, 0.5) is 0 Å². The van der Waals surface area contributed by atoms with Crippen molar-refractivity contribution in [3.8, 4) is 6.07 Å². The molecule has 1 N–H and O–H groups in total. The van der Waals surface area contributed by atoms with Gasteiger partial charge in [-0.3, -0.25) is 4.79 Å². The lowest BCUT2D eigenvalue weighted by Gasteiger charge is -2.23. The Morgan fingerprint density at radius 2 is 2.27 bits per heavy atom. The predicted octanol–water partition coefficient (Wildman–Crippen LogP) is 1.33. The molecule has 0 aromatic carbocycles. The lowest BCUT2D eigenvalue weighted by atomic mass is 10.0. The molecular formula is C11H18N2O2.